The topological polar surface area (TPSA) is 46.3 Å². The molecule has 0 aromatic carbocycles. The molecule has 0 aromatic rings. The largest absolute Gasteiger partial charge is 0.329 e. The summed E-state index contributed by atoms with van der Waals surface area (Å²) in [5.74, 6) is 1.67. The van der Waals surface area contributed by atoms with Gasteiger partial charge in [-0.15, -0.1) is 0 Å². The molecule has 13 heavy (non-hydrogen) atoms. The highest BCUT2D eigenvalue weighted by atomic mass is 32.2. The second-order valence-corrected chi connectivity index (χ2v) is 5.26. The Morgan fingerprint density at radius 2 is 2.08 bits per heavy atom. The first-order valence-corrected chi connectivity index (χ1v) is 6.55. The SMILES string of the molecule is CCCC(CN)N1CCS(=O)CC1. The molecule has 3 nitrogen and oxygen atoms in total. The van der Waals surface area contributed by atoms with Gasteiger partial charge in [0.15, 0.2) is 0 Å². The Hall–Kier alpha value is 0.0700. The molecule has 1 atom stereocenters. The minimum Gasteiger partial charge on any atom is -0.329 e. The molecule has 1 aliphatic rings. The van der Waals surface area contributed by atoms with Crippen LogP contribution in [0.5, 0.6) is 0 Å². The fourth-order valence-corrected chi connectivity index (χ4v) is 2.88. The number of nitrogens with zero attached hydrogens (tertiary/aromatic N) is 1. The molecule has 2 N–H and O–H groups in total. The van der Waals surface area contributed by atoms with Gasteiger partial charge in [0, 0.05) is 48.0 Å². The second-order valence-electron chi connectivity index (χ2n) is 3.56. The Bertz CT molecular complexity index is 165. The van der Waals surface area contributed by atoms with Gasteiger partial charge in [0.05, 0.1) is 0 Å². The van der Waals surface area contributed by atoms with Gasteiger partial charge in [-0.05, 0) is 6.42 Å². The van der Waals surface area contributed by atoms with Crippen LogP contribution < -0.4 is 5.73 Å². The van der Waals surface area contributed by atoms with E-state index in [1.165, 1.54) is 12.8 Å². The molecule has 0 radical (unpaired) electrons. The summed E-state index contributed by atoms with van der Waals surface area (Å²) in [6.45, 7) is 4.86. The molecule has 1 rings (SSSR count). The van der Waals surface area contributed by atoms with Crippen molar-refractivity contribution in [1.82, 2.24) is 4.90 Å². The van der Waals surface area contributed by atoms with Crippen molar-refractivity contribution in [2.75, 3.05) is 31.1 Å². The molecule has 1 heterocycles. The van der Waals surface area contributed by atoms with Crippen molar-refractivity contribution in [3.8, 4) is 0 Å². The molecule has 1 unspecified atom stereocenters. The Labute approximate surface area is 83.1 Å². The van der Waals surface area contributed by atoms with E-state index in [0.29, 0.717) is 6.04 Å². The highest BCUT2D eigenvalue weighted by Crippen LogP contribution is 2.09. The van der Waals surface area contributed by atoms with Crippen LogP contribution in [0.25, 0.3) is 0 Å². The molecule has 0 aliphatic carbocycles. The van der Waals surface area contributed by atoms with Crippen molar-refractivity contribution in [1.29, 1.82) is 0 Å². The van der Waals surface area contributed by atoms with E-state index < -0.39 is 10.8 Å². The molecule has 78 valence electrons. The zero-order valence-corrected chi connectivity index (χ0v) is 9.18. The van der Waals surface area contributed by atoms with Crippen molar-refractivity contribution in [2.24, 2.45) is 5.73 Å². The van der Waals surface area contributed by atoms with Crippen LogP contribution >= 0.6 is 0 Å². The lowest BCUT2D eigenvalue weighted by Crippen LogP contribution is -2.47. The molecule has 1 aliphatic heterocycles. The third-order valence-corrected chi connectivity index (χ3v) is 3.90. The normalized spacial score (nSPS) is 23.2. The van der Waals surface area contributed by atoms with Gasteiger partial charge in [-0.3, -0.25) is 9.11 Å². The average molecular weight is 204 g/mol. The minimum atomic E-state index is -0.566. The first kappa shape index (κ1) is 11.1. The highest BCUT2D eigenvalue weighted by molar-refractivity contribution is 7.85. The first-order chi connectivity index (χ1) is 6.27. The molecule has 1 fully saturated rings. The maximum absolute atomic E-state index is 11.1. The lowest BCUT2D eigenvalue weighted by molar-refractivity contribution is 0.207. The van der Waals surface area contributed by atoms with Crippen LogP contribution in [-0.4, -0.2) is 46.3 Å². The molecular formula is C9H20N2OS. The quantitative estimate of drug-likeness (QED) is 0.710. The predicted octanol–water partition coefficient (Wildman–Crippen LogP) is 0.178. The van der Waals surface area contributed by atoms with Crippen LogP contribution in [0.4, 0.5) is 0 Å². The van der Waals surface area contributed by atoms with Gasteiger partial charge in [0.2, 0.25) is 0 Å². The minimum absolute atomic E-state index is 0.516. The van der Waals surface area contributed by atoms with Gasteiger partial charge in [0.25, 0.3) is 0 Å². The van der Waals surface area contributed by atoms with Gasteiger partial charge >= 0.3 is 0 Å². The zero-order chi connectivity index (χ0) is 9.68. The summed E-state index contributed by atoms with van der Waals surface area (Å²) in [7, 11) is -0.566. The van der Waals surface area contributed by atoms with Crippen molar-refractivity contribution in [3.63, 3.8) is 0 Å². The summed E-state index contributed by atoms with van der Waals surface area (Å²) in [4.78, 5) is 2.39. The summed E-state index contributed by atoms with van der Waals surface area (Å²) < 4.78 is 11.1. The maximum Gasteiger partial charge on any atom is 0.0363 e. The van der Waals surface area contributed by atoms with Crippen LogP contribution in [0, 0.1) is 0 Å². The van der Waals surface area contributed by atoms with E-state index in [1.807, 2.05) is 0 Å². The lowest BCUT2D eigenvalue weighted by atomic mass is 10.1. The van der Waals surface area contributed by atoms with E-state index in [2.05, 4.69) is 11.8 Å². The standard InChI is InChI=1S/C9H20N2OS/c1-2-3-9(8-10)11-4-6-13(12)7-5-11/h9H,2-8,10H2,1H3. The fraction of sp³-hybridized carbons (Fsp3) is 1.00. The lowest BCUT2D eigenvalue weighted by Gasteiger charge is -2.33. The third-order valence-electron chi connectivity index (χ3n) is 2.62. The summed E-state index contributed by atoms with van der Waals surface area (Å²) in [6.07, 6.45) is 2.35. The molecular weight excluding hydrogens is 184 g/mol. The summed E-state index contributed by atoms with van der Waals surface area (Å²) in [5, 5.41) is 0. The second kappa shape index (κ2) is 5.73. The molecule has 0 bridgehead atoms. The van der Waals surface area contributed by atoms with Gasteiger partial charge in [0.1, 0.15) is 0 Å². The van der Waals surface area contributed by atoms with Gasteiger partial charge in [-0.25, -0.2) is 0 Å². The monoisotopic (exact) mass is 204 g/mol. The molecule has 0 saturated carbocycles. The number of hydrogen-bond acceptors (Lipinski definition) is 3. The van der Waals surface area contributed by atoms with Gasteiger partial charge in [-0.2, -0.15) is 0 Å². The van der Waals surface area contributed by atoms with Gasteiger partial charge < -0.3 is 5.73 Å². The van der Waals surface area contributed by atoms with E-state index in [1.54, 1.807) is 0 Å². The Morgan fingerprint density at radius 3 is 2.54 bits per heavy atom. The molecule has 0 amide bonds. The summed E-state index contributed by atoms with van der Waals surface area (Å²) >= 11 is 0. The van der Waals surface area contributed by atoms with Crippen LogP contribution in [-0.2, 0) is 10.8 Å². The van der Waals surface area contributed by atoms with Crippen LogP contribution in [0.2, 0.25) is 0 Å². The Balaban J connectivity index is 2.36. The predicted molar refractivity (Wildman–Crippen MR) is 57.2 cm³/mol. The number of nitrogens with two attached hydrogens (primary N) is 1. The maximum atomic E-state index is 11.1. The highest BCUT2D eigenvalue weighted by Gasteiger charge is 2.21. The number of hydrogen-bond donors (Lipinski definition) is 1. The zero-order valence-electron chi connectivity index (χ0n) is 8.37. The van der Waals surface area contributed by atoms with Crippen LogP contribution in [0.3, 0.4) is 0 Å². The smallest absolute Gasteiger partial charge is 0.0363 e. The van der Waals surface area contributed by atoms with Crippen molar-refractivity contribution in [2.45, 2.75) is 25.8 Å². The van der Waals surface area contributed by atoms with E-state index in [4.69, 9.17) is 5.73 Å². The van der Waals surface area contributed by atoms with E-state index in [9.17, 15) is 4.21 Å². The van der Waals surface area contributed by atoms with Gasteiger partial charge in [-0.1, -0.05) is 13.3 Å². The number of rotatable bonds is 4. The van der Waals surface area contributed by atoms with E-state index in [0.717, 1.165) is 31.1 Å². The Kier molecular flexibility index (Phi) is 4.91. The van der Waals surface area contributed by atoms with E-state index >= 15 is 0 Å². The fourth-order valence-electron chi connectivity index (χ4n) is 1.80. The third kappa shape index (κ3) is 3.37. The van der Waals surface area contributed by atoms with Crippen molar-refractivity contribution < 1.29 is 4.21 Å². The van der Waals surface area contributed by atoms with Crippen molar-refractivity contribution in [3.05, 3.63) is 0 Å². The van der Waals surface area contributed by atoms with Crippen LogP contribution in [0.15, 0.2) is 0 Å². The molecule has 0 aromatic heterocycles. The molecule has 1 saturated heterocycles. The first-order valence-electron chi connectivity index (χ1n) is 5.07. The summed E-state index contributed by atoms with van der Waals surface area (Å²) in [6, 6.07) is 0.516. The molecule has 0 spiro atoms. The Morgan fingerprint density at radius 1 is 1.46 bits per heavy atom. The summed E-state index contributed by atoms with van der Waals surface area (Å²) in [5.41, 5.74) is 5.71. The average Bonchev–Trinajstić information content (AvgIpc) is 2.16. The molecule has 4 heteroatoms. The van der Waals surface area contributed by atoms with E-state index in [-0.39, 0.29) is 0 Å². The van der Waals surface area contributed by atoms with Crippen LogP contribution in [0.1, 0.15) is 19.8 Å². The van der Waals surface area contributed by atoms with Crippen molar-refractivity contribution >= 4 is 10.8 Å².